The van der Waals surface area contributed by atoms with Crippen molar-refractivity contribution in [2.24, 2.45) is 11.8 Å². The van der Waals surface area contributed by atoms with Gasteiger partial charge in [-0.3, -0.25) is 37.3 Å². The molecule has 0 saturated heterocycles. The summed E-state index contributed by atoms with van der Waals surface area (Å²) in [6.07, 6.45) is 63.6. The number of ether oxygens (including phenoxy) is 4. The molecule has 5 atom stereocenters. The molecule has 0 rings (SSSR count). The number of hydrogen-bond donors (Lipinski definition) is 3. The van der Waals surface area contributed by atoms with Gasteiger partial charge in [0.15, 0.2) is 12.2 Å². The predicted molar refractivity (Wildman–Crippen MR) is 414 cm³/mol. The first-order chi connectivity index (χ1) is 48.9. The Morgan fingerprint density at radius 3 is 0.673 bits per heavy atom. The molecule has 0 aliphatic heterocycles. The Morgan fingerprint density at radius 1 is 0.267 bits per heavy atom. The van der Waals surface area contributed by atoms with Crippen molar-refractivity contribution in [1.82, 2.24) is 0 Å². The maximum Gasteiger partial charge on any atom is 0.472 e. The Morgan fingerprint density at radius 2 is 0.455 bits per heavy atom. The van der Waals surface area contributed by atoms with Crippen LogP contribution in [0.15, 0.2) is 0 Å². The van der Waals surface area contributed by atoms with Crippen molar-refractivity contribution in [3.05, 3.63) is 0 Å². The van der Waals surface area contributed by atoms with Gasteiger partial charge in [-0.15, -0.1) is 0 Å². The molecule has 101 heavy (non-hydrogen) atoms. The van der Waals surface area contributed by atoms with E-state index < -0.39 is 97.5 Å². The van der Waals surface area contributed by atoms with Gasteiger partial charge >= 0.3 is 39.5 Å². The summed E-state index contributed by atoms with van der Waals surface area (Å²) in [5.41, 5.74) is 0. The van der Waals surface area contributed by atoms with Crippen molar-refractivity contribution in [3.63, 3.8) is 0 Å². The molecule has 0 saturated carbocycles. The minimum Gasteiger partial charge on any atom is -0.462 e. The molecule has 17 nitrogen and oxygen atoms in total. The summed E-state index contributed by atoms with van der Waals surface area (Å²) in [5, 5.41) is 10.7. The Labute approximate surface area is 619 Å². The third kappa shape index (κ3) is 76.1. The number of hydrogen-bond acceptors (Lipinski definition) is 15. The number of aliphatic hydroxyl groups is 1. The monoisotopic (exact) mass is 1480 g/mol. The average molecular weight is 1480 g/mol. The molecule has 0 radical (unpaired) electrons. The van der Waals surface area contributed by atoms with Crippen molar-refractivity contribution in [1.29, 1.82) is 0 Å². The lowest BCUT2D eigenvalue weighted by Gasteiger charge is -2.21. The number of phosphoric ester groups is 2. The van der Waals surface area contributed by atoms with E-state index in [0.29, 0.717) is 25.7 Å². The highest BCUT2D eigenvalue weighted by Crippen LogP contribution is 2.45. The summed E-state index contributed by atoms with van der Waals surface area (Å²) in [6, 6.07) is 0. The summed E-state index contributed by atoms with van der Waals surface area (Å²) in [5.74, 6) is -0.518. The third-order valence-electron chi connectivity index (χ3n) is 19.2. The van der Waals surface area contributed by atoms with Crippen molar-refractivity contribution in [2.75, 3.05) is 39.6 Å². The average Bonchev–Trinajstić information content (AvgIpc) is 1.02. The lowest BCUT2D eigenvalue weighted by Crippen LogP contribution is -2.30. The Kier molecular flexibility index (Phi) is 72.2. The second kappa shape index (κ2) is 73.6. The summed E-state index contributed by atoms with van der Waals surface area (Å²) in [6.45, 7) is 9.69. The van der Waals surface area contributed by atoms with Gasteiger partial charge in [0.25, 0.3) is 0 Å². The van der Waals surface area contributed by atoms with Crippen LogP contribution >= 0.6 is 15.6 Å². The van der Waals surface area contributed by atoms with E-state index in [-0.39, 0.29) is 25.7 Å². The maximum absolute atomic E-state index is 13.1. The molecule has 0 bridgehead atoms. The number of aliphatic hydroxyl groups excluding tert-OH is 1. The Balaban J connectivity index is 5.27. The molecule has 0 aromatic carbocycles. The number of carbonyl (C=O) groups excluding carboxylic acids is 4. The molecule has 0 spiro atoms. The lowest BCUT2D eigenvalue weighted by molar-refractivity contribution is -0.161. The first-order valence-electron chi connectivity index (χ1n) is 42.5. The maximum atomic E-state index is 13.1. The van der Waals surface area contributed by atoms with E-state index in [1.165, 1.54) is 250 Å². The quantitative estimate of drug-likeness (QED) is 0.0222. The lowest BCUT2D eigenvalue weighted by atomic mass is 10.0. The molecule has 0 aromatic rings. The molecule has 2 unspecified atom stereocenters. The summed E-state index contributed by atoms with van der Waals surface area (Å²) in [4.78, 5) is 73.1. The molecule has 0 aliphatic carbocycles. The van der Waals surface area contributed by atoms with Gasteiger partial charge in [-0.05, 0) is 37.5 Å². The van der Waals surface area contributed by atoms with Gasteiger partial charge in [0, 0.05) is 25.7 Å². The van der Waals surface area contributed by atoms with Crippen LogP contribution in [0, 0.1) is 11.8 Å². The standard InChI is InChI=1S/C82H160O17P2/c1-7-9-11-13-15-17-19-21-22-23-29-36-42-48-54-60-66-81(86)98-77(70-92-79(84)64-58-52-46-40-34-20-18-16-14-12-10-8-2)72-96-100(88,89)94-68-76(83)69-95-101(90,91)97-73-78(71-93-80(85)65-59-53-47-41-35-31-26-28-33-39-45-51-57-63-75(5)6)99-82(87)67-61-55-49-43-37-30-25-24-27-32-38-44-50-56-62-74(3)4/h74-78,83H,7-73H2,1-6H3,(H,88,89)(H,90,91)/t76-,77+,78+/m0/s1. The van der Waals surface area contributed by atoms with Crippen LogP contribution in [0.2, 0.25) is 0 Å². The van der Waals surface area contributed by atoms with Crippen LogP contribution in [-0.2, 0) is 65.4 Å². The van der Waals surface area contributed by atoms with E-state index >= 15 is 0 Å². The SMILES string of the molecule is CCCCCCCCCCCCCCCCCCC(=O)O[C@H](COC(=O)CCCCCCCCCCCCCC)COP(=O)(O)OC[C@H](O)COP(=O)(O)OC[C@@H](COC(=O)CCCCCCCCCCCCCCCC(C)C)OC(=O)CCCCCCCCCCCCCCCCC(C)C. The van der Waals surface area contributed by atoms with E-state index in [9.17, 15) is 43.2 Å². The van der Waals surface area contributed by atoms with Crippen LogP contribution in [0.3, 0.4) is 0 Å². The van der Waals surface area contributed by atoms with Crippen LogP contribution in [0.4, 0.5) is 0 Å². The normalized spacial score (nSPS) is 13.9. The highest BCUT2D eigenvalue weighted by molar-refractivity contribution is 7.47. The molecule has 0 aliphatic rings. The van der Waals surface area contributed by atoms with Crippen molar-refractivity contribution >= 4 is 39.5 Å². The molecule has 0 aromatic heterocycles. The van der Waals surface area contributed by atoms with Gasteiger partial charge in [0.05, 0.1) is 26.4 Å². The predicted octanol–water partition coefficient (Wildman–Crippen LogP) is 24.7. The van der Waals surface area contributed by atoms with Gasteiger partial charge < -0.3 is 33.8 Å². The second-order valence-corrected chi connectivity index (χ2v) is 33.4. The van der Waals surface area contributed by atoms with E-state index in [1.54, 1.807) is 0 Å². The fraction of sp³-hybridized carbons (Fsp3) is 0.951. The van der Waals surface area contributed by atoms with Gasteiger partial charge in [0.2, 0.25) is 0 Å². The van der Waals surface area contributed by atoms with Crippen LogP contribution in [0.5, 0.6) is 0 Å². The molecule has 0 fully saturated rings. The number of phosphoric acid groups is 2. The number of unbranched alkanes of at least 4 members (excludes halogenated alkanes) is 51. The van der Waals surface area contributed by atoms with Crippen molar-refractivity contribution in [3.8, 4) is 0 Å². The number of carbonyl (C=O) groups is 4. The Hall–Kier alpha value is -1.94. The van der Waals surface area contributed by atoms with Crippen LogP contribution in [-0.4, -0.2) is 96.7 Å². The van der Waals surface area contributed by atoms with Crippen LogP contribution in [0.25, 0.3) is 0 Å². The summed E-state index contributed by atoms with van der Waals surface area (Å²) >= 11 is 0. The van der Waals surface area contributed by atoms with E-state index in [0.717, 1.165) is 102 Å². The summed E-state index contributed by atoms with van der Waals surface area (Å²) < 4.78 is 68.8. The van der Waals surface area contributed by atoms with Crippen molar-refractivity contribution < 1.29 is 80.2 Å². The first kappa shape index (κ1) is 99.1. The zero-order valence-corrected chi connectivity index (χ0v) is 68.0. The highest BCUT2D eigenvalue weighted by Gasteiger charge is 2.30. The van der Waals surface area contributed by atoms with Crippen LogP contribution < -0.4 is 0 Å². The first-order valence-corrected chi connectivity index (χ1v) is 45.5. The third-order valence-corrected chi connectivity index (χ3v) is 21.1. The molecular weight excluding hydrogens is 1320 g/mol. The molecular formula is C82H160O17P2. The van der Waals surface area contributed by atoms with Crippen molar-refractivity contribution in [2.45, 2.75) is 452 Å². The topological polar surface area (TPSA) is 237 Å². The van der Waals surface area contributed by atoms with E-state index in [4.69, 9.17) is 37.0 Å². The van der Waals surface area contributed by atoms with Gasteiger partial charge in [-0.2, -0.15) is 0 Å². The van der Waals surface area contributed by atoms with Gasteiger partial charge in [-0.1, -0.05) is 382 Å². The zero-order valence-electron chi connectivity index (χ0n) is 66.2. The minimum atomic E-state index is -4.96. The van der Waals surface area contributed by atoms with E-state index in [2.05, 4.69) is 41.5 Å². The second-order valence-electron chi connectivity index (χ2n) is 30.5. The number of esters is 4. The molecule has 19 heteroatoms. The molecule has 600 valence electrons. The smallest absolute Gasteiger partial charge is 0.462 e. The minimum absolute atomic E-state index is 0.108. The molecule has 0 heterocycles. The largest absolute Gasteiger partial charge is 0.472 e. The number of rotatable bonds is 81. The highest BCUT2D eigenvalue weighted by atomic mass is 31.2. The summed E-state index contributed by atoms with van der Waals surface area (Å²) in [7, 11) is -9.92. The molecule has 0 amide bonds. The fourth-order valence-corrected chi connectivity index (χ4v) is 14.3. The Bertz CT molecular complexity index is 1940. The zero-order chi connectivity index (χ0) is 74.2. The fourth-order valence-electron chi connectivity index (χ4n) is 12.7. The van der Waals surface area contributed by atoms with Crippen LogP contribution in [0.1, 0.15) is 433 Å². The van der Waals surface area contributed by atoms with E-state index in [1.807, 2.05) is 0 Å². The molecule has 3 N–H and O–H groups in total. The van der Waals surface area contributed by atoms with Gasteiger partial charge in [0.1, 0.15) is 19.3 Å². The van der Waals surface area contributed by atoms with Gasteiger partial charge in [-0.25, -0.2) is 9.13 Å².